The first-order chi connectivity index (χ1) is 9.79. The van der Waals surface area contributed by atoms with Crippen LogP contribution in [0.2, 0.25) is 0 Å². The van der Waals surface area contributed by atoms with Gasteiger partial charge in [-0.25, -0.2) is 4.98 Å². The lowest BCUT2D eigenvalue weighted by Gasteiger charge is -2.16. The van der Waals surface area contributed by atoms with E-state index in [2.05, 4.69) is 25.8 Å². The first kappa shape index (κ1) is 15.5. The van der Waals surface area contributed by atoms with E-state index in [1.54, 1.807) is 0 Å². The highest BCUT2D eigenvalue weighted by Crippen LogP contribution is 2.30. The molecule has 112 valence electrons. The van der Waals surface area contributed by atoms with Crippen LogP contribution in [0.15, 0.2) is 24.3 Å². The molecular formula is C16H21N3OS. The largest absolute Gasteiger partial charge is 0.486 e. The Morgan fingerprint density at radius 1 is 1.33 bits per heavy atom. The lowest BCUT2D eigenvalue weighted by Crippen LogP contribution is -2.19. The van der Waals surface area contributed by atoms with Gasteiger partial charge in [0, 0.05) is 5.41 Å². The number of amidine groups is 1. The van der Waals surface area contributed by atoms with E-state index in [-0.39, 0.29) is 11.3 Å². The first-order valence-electron chi connectivity index (χ1n) is 6.82. The lowest BCUT2D eigenvalue weighted by atomic mass is 9.91. The third kappa shape index (κ3) is 3.61. The Hall–Kier alpha value is -1.88. The first-order valence-corrected chi connectivity index (χ1v) is 7.63. The zero-order valence-electron chi connectivity index (χ0n) is 12.9. The van der Waals surface area contributed by atoms with Gasteiger partial charge in [0.15, 0.2) is 0 Å². The van der Waals surface area contributed by atoms with Gasteiger partial charge in [0.2, 0.25) is 0 Å². The van der Waals surface area contributed by atoms with Crippen molar-refractivity contribution in [2.45, 2.75) is 39.7 Å². The Balaban J connectivity index is 2.22. The van der Waals surface area contributed by atoms with Crippen LogP contribution >= 0.6 is 11.3 Å². The third-order valence-corrected chi connectivity index (χ3v) is 4.13. The average Bonchev–Trinajstić information content (AvgIpc) is 2.82. The number of aromatic nitrogens is 1. The maximum atomic E-state index is 7.71. The summed E-state index contributed by atoms with van der Waals surface area (Å²) in [5.41, 5.74) is 7.49. The predicted octanol–water partition coefficient (Wildman–Crippen LogP) is 3.61. The second kappa shape index (κ2) is 5.85. The van der Waals surface area contributed by atoms with Crippen molar-refractivity contribution in [3.63, 3.8) is 0 Å². The summed E-state index contributed by atoms with van der Waals surface area (Å²) in [6.45, 7) is 8.62. The fourth-order valence-corrected chi connectivity index (χ4v) is 3.02. The van der Waals surface area contributed by atoms with E-state index in [1.807, 2.05) is 31.2 Å². The minimum atomic E-state index is -0.140. The standard InChI is InChI=1S/C16H21N3OS/c1-10-7-5-6-8-11(10)20-9-12-19-14(16(2,3)4)13(21-12)15(17)18/h5-8H,9H2,1-4H3,(H3,17,18). The molecule has 0 aliphatic rings. The Labute approximate surface area is 129 Å². The van der Waals surface area contributed by atoms with Crippen LogP contribution < -0.4 is 10.5 Å². The Morgan fingerprint density at radius 3 is 2.52 bits per heavy atom. The molecule has 5 heteroatoms. The number of rotatable bonds is 4. The van der Waals surface area contributed by atoms with Gasteiger partial charge < -0.3 is 10.5 Å². The van der Waals surface area contributed by atoms with Crippen molar-refractivity contribution in [1.29, 1.82) is 5.41 Å². The topological polar surface area (TPSA) is 72.0 Å². The smallest absolute Gasteiger partial charge is 0.140 e. The van der Waals surface area contributed by atoms with Crippen LogP contribution in [0.3, 0.4) is 0 Å². The monoisotopic (exact) mass is 303 g/mol. The van der Waals surface area contributed by atoms with Gasteiger partial charge in [0.1, 0.15) is 23.2 Å². The molecule has 0 unspecified atom stereocenters. The van der Waals surface area contributed by atoms with Crippen LogP contribution in [0.25, 0.3) is 0 Å². The van der Waals surface area contributed by atoms with Crippen molar-refractivity contribution in [3.05, 3.63) is 45.4 Å². The van der Waals surface area contributed by atoms with E-state index in [0.29, 0.717) is 6.61 Å². The number of nitrogen functional groups attached to an aromatic ring is 1. The molecule has 1 aromatic carbocycles. The average molecular weight is 303 g/mol. The summed E-state index contributed by atoms with van der Waals surface area (Å²) in [4.78, 5) is 5.36. The number of thiazole rings is 1. The molecule has 0 amide bonds. The van der Waals surface area contributed by atoms with Gasteiger partial charge in [-0.2, -0.15) is 0 Å². The number of para-hydroxylation sites is 1. The van der Waals surface area contributed by atoms with Crippen LogP contribution in [0.1, 0.15) is 41.9 Å². The van der Waals surface area contributed by atoms with Crippen LogP contribution in [0.4, 0.5) is 0 Å². The van der Waals surface area contributed by atoms with Crippen LogP contribution in [0.5, 0.6) is 5.75 Å². The highest BCUT2D eigenvalue weighted by atomic mass is 32.1. The molecule has 0 radical (unpaired) electrons. The number of nitrogens with two attached hydrogens (primary N) is 1. The third-order valence-electron chi connectivity index (χ3n) is 3.07. The normalized spacial score (nSPS) is 11.4. The van der Waals surface area contributed by atoms with Crippen LogP contribution in [0, 0.1) is 12.3 Å². The molecule has 2 aromatic rings. The molecule has 4 nitrogen and oxygen atoms in total. The molecule has 0 saturated carbocycles. The van der Waals surface area contributed by atoms with E-state index in [0.717, 1.165) is 26.9 Å². The molecule has 0 aliphatic carbocycles. The molecule has 0 bridgehead atoms. The number of nitrogens with one attached hydrogen (secondary N) is 1. The summed E-state index contributed by atoms with van der Waals surface area (Å²) in [6, 6.07) is 7.89. The molecule has 0 saturated heterocycles. The molecule has 0 aliphatic heterocycles. The highest BCUT2D eigenvalue weighted by Gasteiger charge is 2.24. The van der Waals surface area contributed by atoms with Gasteiger partial charge in [0.25, 0.3) is 0 Å². The summed E-state index contributed by atoms with van der Waals surface area (Å²) in [7, 11) is 0. The number of hydrogen-bond donors (Lipinski definition) is 2. The van der Waals surface area contributed by atoms with E-state index in [1.165, 1.54) is 11.3 Å². The summed E-state index contributed by atoms with van der Waals surface area (Å²) in [5.74, 6) is 0.925. The molecule has 21 heavy (non-hydrogen) atoms. The number of benzene rings is 1. The van der Waals surface area contributed by atoms with Crippen molar-refractivity contribution in [2.24, 2.45) is 5.73 Å². The zero-order chi connectivity index (χ0) is 15.6. The fourth-order valence-electron chi connectivity index (χ4n) is 1.97. The minimum Gasteiger partial charge on any atom is -0.486 e. The quantitative estimate of drug-likeness (QED) is 0.669. The van der Waals surface area contributed by atoms with E-state index in [4.69, 9.17) is 15.9 Å². The summed E-state index contributed by atoms with van der Waals surface area (Å²) < 4.78 is 5.82. The molecule has 2 rings (SSSR count). The van der Waals surface area contributed by atoms with Gasteiger partial charge >= 0.3 is 0 Å². The molecule has 0 fully saturated rings. The van der Waals surface area contributed by atoms with E-state index < -0.39 is 0 Å². The van der Waals surface area contributed by atoms with Gasteiger partial charge in [-0.3, -0.25) is 5.41 Å². The fraction of sp³-hybridized carbons (Fsp3) is 0.375. The second-order valence-electron chi connectivity index (χ2n) is 6.00. The maximum absolute atomic E-state index is 7.71. The lowest BCUT2D eigenvalue weighted by molar-refractivity contribution is 0.303. The van der Waals surface area contributed by atoms with Crippen LogP contribution in [-0.2, 0) is 12.0 Å². The van der Waals surface area contributed by atoms with E-state index in [9.17, 15) is 0 Å². The van der Waals surface area contributed by atoms with Crippen LogP contribution in [-0.4, -0.2) is 10.8 Å². The van der Waals surface area contributed by atoms with Crippen molar-refractivity contribution < 1.29 is 4.74 Å². The van der Waals surface area contributed by atoms with Crippen molar-refractivity contribution >= 4 is 17.2 Å². The summed E-state index contributed by atoms with van der Waals surface area (Å²) in [6.07, 6.45) is 0. The van der Waals surface area contributed by atoms with Gasteiger partial charge in [0.05, 0.1) is 10.6 Å². The van der Waals surface area contributed by atoms with Crippen molar-refractivity contribution in [1.82, 2.24) is 4.98 Å². The van der Waals surface area contributed by atoms with Gasteiger partial charge in [-0.1, -0.05) is 39.0 Å². The number of aryl methyl sites for hydroxylation is 1. The molecule has 0 spiro atoms. The minimum absolute atomic E-state index is 0.0690. The maximum Gasteiger partial charge on any atom is 0.140 e. The highest BCUT2D eigenvalue weighted by molar-refractivity contribution is 7.13. The van der Waals surface area contributed by atoms with Gasteiger partial charge in [-0.05, 0) is 18.6 Å². The molecular weight excluding hydrogens is 282 g/mol. The number of hydrogen-bond acceptors (Lipinski definition) is 4. The predicted molar refractivity (Wildman–Crippen MR) is 87.3 cm³/mol. The number of nitrogens with zero attached hydrogens (tertiary/aromatic N) is 1. The molecule has 1 heterocycles. The summed E-state index contributed by atoms with van der Waals surface area (Å²) >= 11 is 1.43. The molecule has 1 aromatic heterocycles. The van der Waals surface area contributed by atoms with Crippen molar-refractivity contribution in [2.75, 3.05) is 0 Å². The SMILES string of the molecule is Cc1ccccc1OCc1nc(C(C)(C)C)c(C(=N)N)s1. The van der Waals surface area contributed by atoms with Gasteiger partial charge in [-0.15, -0.1) is 11.3 Å². The Kier molecular flexibility index (Phi) is 4.32. The Morgan fingerprint density at radius 2 is 2.00 bits per heavy atom. The summed E-state index contributed by atoms with van der Waals surface area (Å²) in [5, 5.41) is 8.55. The molecule has 0 atom stereocenters. The second-order valence-corrected chi connectivity index (χ2v) is 7.09. The zero-order valence-corrected chi connectivity index (χ0v) is 13.7. The Bertz CT molecular complexity index is 656. The van der Waals surface area contributed by atoms with E-state index >= 15 is 0 Å². The number of ether oxygens (including phenoxy) is 1. The van der Waals surface area contributed by atoms with Crippen molar-refractivity contribution in [3.8, 4) is 5.75 Å². The molecule has 3 N–H and O–H groups in total.